The van der Waals surface area contributed by atoms with E-state index in [4.69, 9.17) is 15.0 Å². The number of halogens is 3. The zero-order chi connectivity index (χ0) is 16.4. The van der Waals surface area contributed by atoms with E-state index in [9.17, 15) is 22.9 Å². The van der Waals surface area contributed by atoms with Crippen molar-refractivity contribution in [3.05, 3.63) is 43.3 Å². The Morgan fingerprint density at radius 3 is 2.82 bits per heavy atom. The largest absolute Gasteiger partial charge is 0.382 e. The van der Waals surface area contributed by atoms with E-state index in [0.717, 1.165) is 0 Å². The van der Waals surface area contributed by atoms with Gasteiger partial charge in [-0.2, -0.15) is 4.39 Å². The van der Waals surface area contributed by atoms with E-state index in [0.29, 0.717) is 6.20 Å². The van der Waals surface area contributed by atoms with Crippen LogP contribution in [-0.4, -0.2) is 41.4 Å². The average molecular weight is 321 g/mol. The maximum atomic E-state index is 14.3. The number of hydrogen-bond acceptors (Lipinski definition) is 5. The predicted molar refractivity (Wildman–Crippen MR) is 65.0 cm³/mol. The van der Waals surface area contributed by atoms with Gasteiger partial charge < -0.3 is 9.47 Å². The summed E-state index contributed by atoms with van der Waals surface area (Å²) >= 11 is 0. The number of azide groups is 1. The minimum atomic E-state index is -2.06. The Balaban J connectivity index is 2.48. The van der Waals surface area contributed by atoms with Crippen LogP contribution in [0.4, 0.5) is 13.3 Å². The predicted octanol–water partition coefficient (Wildman–Crippen LogP) is 0.442. The van der Waals surface area contributed by atoms with Crippen molar-refractivity contribution in [1.29, 1.82) is 0 Å². The van der Waals surface area contributed by atoms with Gasteiger partial charge in [-0.15, -0.1) is 0 Å². The standard InChI is InChI=1S/C10H10F3N5O4/c1-21-3-5-7(15-16-14)6(12)9(22-5)17-2-4(11)8(19)18(13)10(17)20/h2,5-7,9H,3H2,1H3/t5-,6-,7-,9-/m1/s1. The topological polar surface area (TPSA) is 111 Å². The number of nitrogens with zero attached hydrogens (tertiary/aromatic N) is 5. The van der Waals surface area contributed by atoms with E-state index in [2.05, 4.69) is 10.0 Å². The Hall–Kier alpha value is -2.30. The van der Waals surface area contributed by atoms with Crippen molar-refractivity contribution in [3.63, 3.8) is 0 Å². The summed E-state index contributed by atoms with van der Waals surface area (Å²) in [6, 6.07) is -1.36. The summed E-state index contributed by atoms with van der Waals surface area (Å²) < 4.78 is 51.0. The molecule has 12 heteroatoms. The molecule has 22 heavy (non-hydrogen) atoms. The number of aromatic nitrogens is 2. The van der Waals surface area contributed by atoms with Gasteiger partial charge in [0.15, 0.2) is 12.4 Å². The third-order valence-electron chi connectivity index (χ3n) is 3.11. The molecule has 0 amide bonds. The molecule has 9 nitrogen and oxygen atoms in total. The maximum Gasteiger partial charge on any atom is 0.362 e. The van der Waals surface area contributed by atoms with Gasteiger partial charge in [0.1, 0.15) is 6.04 Å². The highest BCUT2D eigenvalue weighted by atomic mass is 19.2. The quantitative estimate of drug-likeness (QED) is 0.455. The molecule has 1 aromatic heterocycles. The molecule has 1 saturated heterocycles. The molecule has 1 aliphatic rings. The summed E-state index contributed by atoms with van der Waals surface area (Å²) in [7, 11) is 1.28. The lowest BCUT2D eigenvalue weighted by Gasteiger charge is -2.16. The van der Waals surface area contributed by atoms with Crippen molar-refractivity contribution in [2.24, 2.45) is 5.11 Å². The van der Waals surface area contributed by atoms with Crippen molar-refractivity contribution in [3.8, 4) is 0 Å². The van der Waals surface area contributed by atoms with Crippen LogP contribution in [-0.2, 0) is 9.47 Å². The van der Waals surface area contributed by atoms with Gasteiger partial charge in [0, 0.05) is 12.0 Å². The molecule has 2 heterocycles. The first-order valence-corrected chi connectivity index (χ1v) is 5.95. The lowest BCUT2D eigenvalue weighted by molar-refractivity contribution is -0.0493. The Bertz CT molecular complexity index is 728. The highest BCUT2D eigenvalue weighted by Gasteiger charge is 2.46. The second kappa shape index (κ2) is 6.22. The molecular weight excluding hydrogens is 311 g/mol. The minimum absolute atomic E-state index is 0.174. The normalized spacial score (nSPS) is 27.6. The van der Waals surface area contributed by atoms with Gasteiger partial charge in [-0.1, -0.05) is 14.4 Å². The molecule has 1 aromatic rings. The summed E-state index contributed by atoms with van der Waals surface area (Å²) in [4.78, 5) is 24.0. The fraction of sp³-hybridized carbons (Fsp3) is 0.600. The molecule has 1 fully saturated rings. The highest BCUT2D eigenvalue weighted by molar-refractivity contribution is 4.98. The fourth-order valence-corrected chi connectivity index (χ4v) is 2.12. The van der Waals surface area contributed by atoms with Crippen LogP contribution in [0.3, 0.4) is 0 Å². The number of ether oxygens (including phenoxy) is 2. The minimum Gasteiger partial charge on any atom is -0.382 e. The molecule has 0 N–H and O–H groups in total. The van der Waals surface area contributed by atoms with E-state index in [1.807, 2.05) is 0 Å². The Morgan fingerprint density at radius 1 is 1.55 bits per heavy atom. The maximum absolute atomic E-state index is 14.3. The summed E-state index contributed by atoms with van der Waals surface area (Å²) in [5, 5.41) is 3.20. The first kappa shape index (κ1) is 16.1. The molecule has 2 rings (SSSR count). The Kier molecular flexibility index (Phi) is 4.54. The summed E-state index contributed by atoms with van der Waals surface area (Å²) in [5.74, 6) is -1.60. The lowest BCUT2D eigenvalue weighted by Crippen LogP contribution is -2.41. The van der Waals surface area contributed by atoms with Crippen LogP contribution < -0.4 is 11.2 Å². The molecule has 0 saturated carbocycles. The molecule has 0 bridgehead atoms. The Morgan fingerprint density at radius 2 is 2.23 bits per heavy atom. The van der Waals surface area contributed by atoms with Crippen LogP contribution in [0.25, 0.3) is 10.4 Å². The first-order valence-electron chi connectivity index (χ1n) is 5.95. The van der Waals surface area contributed by atoms with Crippen LogP contribution in [0, 0.1) is 5.82 Å². The third-order valence-corrected chi connectivity index (χ3v) is 3.11. The zero-order valence-electron chi connectivity index (χ0n) is 11.1. The van der Waals surface area contributed by atoms with Crippen LogP contribution in [0.5, 0.6) is 0 Å². The van der Waals surface area contributed by atoms with Crippen LogP contribution >= 0.6 is 0 Å². The molecule has 1 aliphatic heterocycles. The smallest absolute Gasteiger partial charge is 0.362 e. The van der Waals surface area contributed by atoms with Crippen LogP contribution in [0.1, 0.15) is 6.23 Å². The summed E-state index contributed by atoms with van der Waals surface area (Å²) in [5.41, 5.74) is 5.02. The molecule has 0 spiro atoms. The number of hydrogen-bond donors (Lipinski definition) is 0. The number of alkyl halides is 1. The van der Waals surface area contributed by atoms with Crippen LogP contribution in [0.2, 0.25) is 0 Å². The molecule has 0 unspecified atom stereocenters. The molecule has 0 radical (unpaired) electrons. The van der Waals surface area contributed by atoms with Crippen LogP contribution in [0.15, 0.2) is 20.9 Å². The number of methoxy groups -OCH3 is 1. The van der Waals surface area contributed by atoms with Crippen molar-refractivity contribution in [2.75, 3.05) is 13.7 Å². The van der Waals surface area contributed by atoms with Gasteiger partial charge in [0.2, 0.25) is 5.82 Å². The molecule has 4 atom stereocenters. The lowest BCUT2D eigenvalue weighted by atomic mass is 10.1. The van der Waals surface area contributed by atoms with Gasteiger partial charge in [0.05, 0.1) is 18.9 Å². The summed E-state index contributed by atoms with van der Waals surface area (Å²) in [6.07, 6.45) is -4.55. The average Bonchev–Trinajstić information content (AvgIpc) is 2.79. The second-order valence-corrected chi connectivity index (χ2v) is 4.41. The SMILES string of the molecule is COC[C@H]1O[C@@H](n2cc(F)c(=O)n(F)c2=O)[C@H](F)[C@@H]1N=[N+]=[N-]. The van der Waals surface area contributed by atoms with E-state index >= 15 is 0 Å². The monoisotopic (exact) mass is 321 g/mol. The van der Waals surface area contributed by atoms with E-state index < -0.39 is 46.4 Å². The van der Waals surface area contributed by atoms with Gasteiger partial charge in [-0.05, 0) is 5.53 Å². The zero-order valence-corrected chi connectivity index (χ0v) is 11.1. The Labute approximate surface area is 120 Å². The number of rotatable bonds is 4. The van der Waals surface area contributed by atoms with E-state index in [1.165, 1.54) is 7.11 Å². The molecular formula is C10H10F3N5O4. The molecule has 120 valence electrons. The third kappa shape index (κ3) is 2.58. The molecule has 0 aliphatic carbocycles. The van der Waals surface area contributed by atoms with Gasteiger partial charge in [0.25, 0.3) is 0 Å². The second-order valence-electron chi connectivity index (χ2n) is 4.41. The van der Waals surface area contributed by atoms with Gasteiger partial charge >= 0.3 is 11.2 Å². The fourth-order valence-electron chi connectivity index (χ4n) is 2.12. The van der Waals surface area contributed by atoms with Gasteiger partial charge in [-0.3, -0.25) is 9.36 Å². The summed E-state index contributed by atoms with van der Waals surface area (Å²) in [6.45, 7) is -0.174. The van der Waals surface area contributed by atoms with Crippen molar-refractivity contribution < 1.29 is 22.7 Å². The highest BCUT2D eigenvalue weighted by Crippen LogP contribution is 2.33. The van der Waals surface area contributed by atoms with E-state index in [-0.39, 0.29) is 11.2 Å². The van der Waals surface area contributed by atoms with Crippen molar-refractivity contribution >= 4 is 0 Å². The van der Waals surface area contributed by atoms with Crippen molar-refractivity contribution in [2.45, 2.75) is 24.5 Å². The van der Waals surface area contributed by atoms with Gasteiger partial charge in [-0.25, -0.2) is 9.18 Å². The first-order chi connectivity index (χ1) is 10.4. The van der Waals surface area contributed by atoms with E-state index in [1.54, 1.807) is 0 Å². The molecule has 0 aromatic carbocycles. The van der Waals surface area contributed by atoms with Crippen molar-refractivity contribution in [1.82, 2.24) is 9.36 Å².